The predicted molar refractivity (Wildman–Crippen MR) is 183 cm³/mol. The van der Waals surface area contributed by atoms with Crippen LogP contribution in [0.1, 0.15) is 48.2 Å². The van der Waals surface area contributed by atoms with Crippen molar-refractivity contribution in [2.75, 3.05) is 57.8 Å². The molecule has 3 aliphatic rings. The van der Waals surface area contributed by atoms with E-state index in [-0.39, 0.29) is 24.5 Å². The maximum absolute atomic E-state index is 14.1. The second-order valence-corrected chi connectivity index (χ2v) is 16.7. The molecule has 0 amide bonds. The molecule has 0 bridgehead atoms. The SMILES string of the molecule is CS(=O)(=O)N1CCc2c(c(-c3ccc(C(F)(F)F)c(SCCN4CCC(F)CC4)c3)nn2C[C@H](O)CN2CCC(O)(c3ccccn3)CC2)C1. The number of pyridine rings is 1. The molecule has 0 radical (unpaired) electrons. The molecule has 3 aromatic rings. The first-order valence-electron chi connectivity index (χ1n) is 17.0. The van der Waals surface area contributed by atoms with Gasteiger partial charge in [-0.05, 0) is 49.9 Å². The molecule has 2 saturated heterocycles. The van der Waals surface area contributed by atoms with Crippen LogP contribution in [0.4, 0.5) is 17.6 Å². The average molecular weight is 741 g/mol. The van der Waals surface area contributed by atoms with Gasteiger partial charge in [0, 0.05) is 92.4 Å². The minimum atomic E-state index is -4.58. The Bertz CT molecular complexity index is 1730. The normalized spacial score (nSPS) is 20.5. The highest BCUT2D eigenvalue weighted by Crippen LogP contribution is 2.40. The number of halogens is 4. The summed E-state index contributed by atoms with van der Waals surface area (Å²) in [5.74, 6) is 0.389. The number of rotatable bonds is 11. The molecule has 1 atom stereocenters. The lowest BCUT2D eigenvalue weighted by atomic mass is 9.87. The summed E-state index contributed by atoms with van der Waals surface area (Å²) in [6.45, 7) is 3.46. The summed E-state index contributed by atoms with van der Waals surface area (Å²) in [6, 6.07) is 9.35. The van der Waals surface area contributed by atoms with Crippen molar-refractivity contribution in [1.82, 2.24) is 28.9 Å². The fraction of sp³-hybridized carbons (Fsp3) is 0.588. The van der Waals surface area contributed by atoms with E-state index in [0.29, 0.717) is 99.6 Å². The highest BCUT2D eigenvalue weighted by molar-refractivity contribution is 7.99. The topological polar surface area (TPSA) is 115 Å². The van der Waals surface area contributed by atoms with Gasteiger partial charge < -0.3 is 20.0 Å². The van der Waals surface area contributed by atoms with Gasteiger partial charge in [0.2, 0.25) is 10.0 Å². The van der Waals surface area contributed by atoms with Gasteiger partial charge in [0.15, 0.2) is 0 Å². The summed E-state index contributed by atoms with van der Waals surface area (Å²) in [6.07, 6.45) is -1.36. The van der Waals surface area contributed by atoms with Gasteiger partial charge in [-0.25, -0.2) is 12.8 Å². The van der Waals surface area contributed by atoms with E-state index < -0.39 is 39.6 Å². The molecule has 6 rings (SSSR count). The fourth-order valence-electron chi connectivity index (χ4n) is 7.12. The van der Waals surface area contributed by atoms with Crippen molar-refractivity contribution in [3.63, 3.8) is 0 Å². The molecule has 0 unspecified atom stereocenters. The minimum Gasteiger partial charge on any atom is -0.390 e. The maximum Gasteiger partial charge on any atom is 0.417 e. The molecule has 274 valence electrons. The standard InChI is InChI=1S/C34H44F4N6O4S2/c1-50(47,48)43-15-9-29-27(23-43)32(24-5-6-28(34(36,37)38)30(20-24)49-19-18-41-13-7-25(35)8-14-41)40-44(29)22-26(45)21-42-16-10-33(46,11-17-42)31-4-2-3-12-39-31/h2-6,12,20,25-26,45-46H,7-11,13-19,21-23H2,1H3/t26-/m1/s1. The van der Waals surface area contributed by atoms with Crippen LogP contribution in [-0.4, -0.2) is 118 Å². The Morgan fingerprint density at radius 2 is 1.78 bits per heavy atom. The van der Waals surface area contributed by atoms with Gasteiger partial charge in [0.1, 0.15) is 11.8 Å². The molecule has 2 fully saturated rings. The maximum atomic E-state index is 14.1. The summed E-state index contributed by atoms with van der Waals surface area (Å²) >= 11 is 1.09. The number of sulfonamides is 1. The number of benzene rings is 1. The third-order valence-corrected chi connectivity index (χ3v) is 12.3. The van der Waals surface area contributed by atoms with E-state index in [9.17, 15) is 36.2 Å². The van der Waals surface area contributed by atoms with E-state index in [1.165, 1.54) is 16.4 Å². The number of likely N-dealkylation sites (tertiary alicyclic amines) is 2. The zero-order valence-corrected chi connectivity index (χ0v) is 29.7. The predicted octanol–water partition coefficient (Wildman–Crippen LogP) is 4.15. The van der Waals surface area contributed by atoms with Crippen molar-refractivity contribution in [2.45, 2.75) is 74.1 Å². The summed E-state index contributed by atoms with van der Waals surface area (Å²) in [5.41, 5.74) is 1.01. The Hall–Kier alpha value is -2.60. The average Bonchev–Trinajstić information content (AvgIpc) is 3.43. The van der Waals surface area contributed by atoms with Crippen molar-refractivity contribution in [2.24, 2.45) is 0 Å². The Balaban J connectivity index is 1.21. The summed E-state index contributed by atoms with van der Waals surface area (Å²) in [5, 5.41) is 27.2. The third kappa shape index (κ3) is 8.70. The molecule has 3 aliphatic heterocycles. The number of aromatic nitrogens is 3. The number of alkyl halides is 4. The number of β-amino-alcohol motifs (C(OH)–C–C–N with tert-alkyl or cyclic N) is 1. The Morgan fingerprint density at radius 3 is 2.44 bits per heavy atom. The second kappa shape index (κ2) is 15.2. The Labute approximate surface area is 294 Å². The smallest absolute Gasteiger partial charge is 0.390 e. The second-order valence-electron chi connectivity index (χ2n) is 13.6. The number of fused-ring (bicyclic) bond motifs is 1. The highest BCUT2D eigenvalue weighted by atomic mass is 32.2. The fourth-order valence-corrected chi connectivity index (χ4v) is 9.03. The van der Waals surface area contributed by atoms with E-state index in [0.717, 1.165) is 29.8 Å². The molecule has 10 nitrogen and oxygen atoms in total. The Kier molecular flexibility index (Phi) is 11.3. The van der Waals surface area contributed by atoms with E-state index >= 15 is 0 Å². The van der Waals surface area contributed by atoms with Crippen molar-refractivity contribution in [1.29, 1.82) is 0 Å². The zero-order chi connectivity index (χ0) is 35.7. The van der Waals surface area contributed by atoms with Gasteiger partial charge in [0.25, 0.3) is 0 Å². The molecule has 0 saturated carbocycles. The molecule has 1 aromatic carbocycles. The zero-order valence-electron chi connectivity index (χ0n) is 28.0. The number of nitrogens with zero attached hydrogens (tertiary/aromatic N) is 6. The van der Waals surface area contributed by atoms with Crippen LogP contribution in [0.25, 0.3) is 11.3 Å². The van der Waals surface area contributed by atoms with Gasteiger partial charge in [-0.3, -0.25) is 9.67 Å². The summed E-state index contributed by atoms with van der Waals surface area (Å²) in [4.78, 5) is 8.50. The summed E-state index contributed by atoms with van der Waals surface area (Å²) in [7, 11) is -3.56. The number of aliphatic hydroxyl groups excluding tert-OH is 1. The van der Waals surface area contributed by atoms with E-state index in [1.54, 1.807) is 16.9 Å². The first-order valence-corrected chi connectivity index (χ1v) is 19.8. The number of hydrogen-bond acceptors (Lipinski definition) is 9. The minimum absolute atomic E-state index is 0.0197. The molecule has 0 spiro atoms. The quantitative estimate of drug-likeness (QED) is 0.221. The van der Waals surface area contributed by atoms with Crippen LogP contribution in [0.5, 0.6) is 0 Å². The van der Waals surface area contributed by atoms with Gasteiger partial charge >= 0.3 is 6.18 Å². The molecular weight excluding hydrogens is 697 g/mol. The molecule has 2 aromatic heterocycles. The first kappa shape index (κ1) is 37.2. The van der Waals surface area contributed by atoms with Crippen LogP contribution < -0.4 is 0 Å². The molecule has 50 heavy (non-hydrogen) atoms. The van der Waals surface area contributed by atoms with Crippen molar-refractivity contribution in [3.8, 4) is 11.3 Å². The van der Waals surface area contributed by atoms with Gasteiger partial charge in [0.05, 0.1) is 35.9 Å². The number of thioether (sulfide) groups is 1. The van der Waals surface area contributed by atoms with E-state index in [4.69, 9.17) is 5.10 Å². The van der Waals surface area contributed by atoms with Crippen LogP contribution in [0.15, 0.2) is 47.5 Å². The van der Waals surface area contributed by atoms with Gasteiger partial charge in [-0.15, -0.1) is 11.8 Å². The molecule has 5 heterocycles. The molecule has 16 heteroatoms. The lowest BCUT2D eigenvalue weighted by molar-refractivity contribution is -0.139. The monoisotopic (exact) mass is 740 g/mol. The van der Waals surface area contributed by atoms with Gasteiger partial charge in [-0.1, -0.05) is 12.1 Å². The molecular formula is C34H44F4N6O4S2. The van der Waals surface area contributed by atoms with Crippen LogP contribution in [0, 0.1) is 0 Å². The Morgan fingerprint density at radius 1 is 1.04 bits per heavy atom. The van der Waals surface area contributed by atoms with Crippen molar-refractivity contribution < 1.29 is 36.2 Å². The van der Waals surface area contributed by atoms with Crippen LogP contribution in [-0.2, 0) is 41.3 Å². The van der Waals surface area contributed by atoms with Crippen LogP contribution >= 0.6 is 11.8 Å². The van der Waals surface area contributed by atoms with Gasteiger partial charge in [-0.2, -0.15) is 22.6 Å². The number of hydrogen-bond donors (Lipinski definition) is 2. The first-order chi connectivity index (χ1) is 23.7. The van der Waals surface area contributed by atoms with Crippen molar-refractivity contribution >= 4 is 21.8 Å². The number of aliphatic hydroxyl groups is 2. The molecule has 0 aliphatic carbocycles. The largest absolute Gasteiger partial charge is 0.417 e. The molecule has 2 N–H and O–H groups in total. The highest BCUT2D eigenvalue weighted by Gasteiger charge is 2.37. The van der Waals surface area contributed by atoms with E-state index in [1.807, 2.05) is 12.1 Å². The lowest BCUT2D eigenvalue weighted by Crippen LogP contribution is -2.46. The van der Waals surface area contributed by atoms with Crippen LogP contribution in [0.2, 0.25) is 0 Å². The van der Waals surface area contributed by atoms with E-state index in [2.05, 4.69) is 14.8 Å². The van der Waals surface area contributed by atoms with Crippen molar-refractivity contribution in [3.05, 3.63) is 65.1 Å². The third-order valence-electron chi connectivity index (χ3n) is 9.99. The number of piperidine rings is 2. The summed E-state index contributed by atoms with van der Waals surface area (Å²) < 4.78 is 84.0. The van der Waals surface area contributed by atoms with Crippen LogP contribution in [0.3, 0.4) is 0 Å². The lowest BCUT2D eigenvalue weighted by Gasteiger charge is -2.38.